The molecule has 1 aromatic rings. The first-order chi connectivity index (χ1) is 8.88. The van der Waals surface area contributed by atoms with Crippen molar-refractivity contribution in [2.24, 2.45) is 5.41 Å². The maximum Gasteiger partial charge on any atom is 0.123 e. The van der Waals surface area contributed by atoms with E-state index in [1.165, 1.54) is 5.56 Å². The standard InChI is InChI=1S/C16H22BrClO/c1-5-16(4)14(18)9-15(16)19-13-7-6-11(17)8-12(13)10(2)3/h6-8,10,14-15H,5,9H2,1-4H3. The number of halogens is 2. The van der Waals surface area contributed by atoms with Gasteiger partial charge in [-0.25, -0.2) is 0 Å². The lowest BCUT2D eigenvalue weighted by Gasteiger charge is -2.50. The van der Waals surface area contributed by atoms with Crippen LogP contribution in [0.4, 0.5) is 0 Å². The van der Waals surface area contributed by atoms with E-state index in [4.69, 9.17) is 16.3 Å². The van der Waals surface area contributed by atoms with Crippen molar-refractivity contribution in [3.8, 4) is 5.75 Å². The van der Waals surface area contributed by atoms with Crippen LogP contribution in [0.15, 0.2) is 22.7 Å². The first-order valence-corrected chi connectivity index (χ1v) is 8.21. The maximum atomic E-state index is 6.36. The molecule has 1 aliphatic rings. The minimum atomic E-state index is 0.100. The van der Waals surface area contributed by atoms with Crippen molar-refractivity contribution in [1.29, 1.82) is 0 Å². The van der Waals surface area contributed by atoms with Crippen LogP contribution in [0.1, 0.15) is 52.0 Å². The highest BCUT2D eigenvalue weighted by Crippen LogP contribution is 2.49. The second kappa shape index (κ2) is 5.65. The lowest BCUT2D eigenvalue weighted by Crippen LogP contribution is -2.55. The quantitative estimate of drug-likeness (QED) is 0.631. The van der Waals surface area contributed by atoms with Gasteiger partial charge in [0.1, 0.15) is 11.9 Å². The fourth-order valence-electron chi connectivity index (χ4n) is 2.63. The summed E-state index contributed by atoms with van der Waals surface area (Å²) in [5.74, 6) is 1.46. The van der Waals surface area contributed by atoms with E-state index in [1.807, 2.05) is 6.07 Å². The molecule has 0 bridgehead atoms. The second-order valence-corrected chi connectivity index (χ2v) is 7.45. The third kappa shape index (κ3) is 2.80. The molecule has 0 aliphatic heterocycles. The fraction of sp³-hybridized carbons (Fsp3) is 0.625. The van der Waals surface area contributed by atoms with Crippen LogP contribution >= 0.6 is 27.5 Å². The van der Waals surface area contributed by atoms with Gasteiger partial charge in [-0.1, -0.05) is 43.6 Å². The summed E-state index contributed by atoms with van der Waals surface area (Å²) in [5.41, 5.74) is 1.36. The summed E-state index contributed by atoms with van der Waals surface area (Å²) in [5, 5.41) is 0.237. The molecule has 19 heavy (non-hydrogen) atoms. The molecule has 2 rings (SSSR count). The summed E-state index contributed by atoms with van der Waals surface area (Å²) in [7, 11) is 0. The van der Waals surface area contributed by atoms with Gasteiger partial charge >= 0.3 is 0 Å². The van der Waals surface area contributed by atoms with Crippen molar-refractivity contribution < 1.29 is 4.74 Å². The summed E-state index contributed by atoms with van der Waals surface area (Å²) in [6.45, 7) is 8.81. The van der Waals surface area contributed by atoms with Gasteiger partial charge in [-0.15, -0.1) is 11.6 Å². The van der Waals surface area contributed by atoms with Gasteiger partial charge in [0, 0.05) is 21.7 Å². The Bertz CT molecular complexity index is 460. The average Bonchev–Trinajstić information content (AvgIpc) is 2.38. The highest BCUT2D eigenvalue weighted by molar-refractivity contribution is 9.10. The van der Waals surface area contributed by atoms with Gasteiger partial charge in [0.05, 0.1) is 0 Å². The Morgan fingerprint density at radius 3 is 2.68 bits per heavy atom. The van der Waals surface area contributed by atoms with E-state index in [9.17, 15) is 0 Å². The van der Waals surface area contributed by atoms with Gasteiger partial charge < -0.3 is 4.74 Å². The van der Waals surface area contributed by atoms with Crippen molar-refractivity contribution in [3.63, 3.8) is 0 Å². The summed E-state index contributed by atoms with van der Waals surface area (Å²) < 4.78 is 7.37. The largest absolute Gasteiger partial charge is 0.489 e. The molecule has 0 radical (unpaired) electrons. The number of hydrogen-bond acceptors (Lipinski definition) is 1. The van der Waals surface area contributed by atoms with Gasteiger partial charge in [0.25, 0.3) is 0 Å². The van der Waals surface area contributed by atoms with Gasteiger partial charge in [0.15, 0.2) is 0 Å². The van der Waals surface area contributed by atoms with Crippen molar-refractivity contribution in [2.75, 3.05) is 0 Å². The van der Waals surface area contributed by atoms with Gasteiger partial charge in [-0.05, 0) is 36.1 Å². The summed E-state index contributed by atoms with van der Waals surface area (Å²) in [6, 6.07) is 6.26. The van der Waals surface area contributed by atoms with E-state index in [0.29, 0.717) is 5.92 Å². The van der Waals surface area contributed by atoms with Crippen molar-refractivity contribution in [3.05, 3.63) is 28.2 Å². The second-order valence-electron chi connectivity index (χ2n) is 6.01. The van der Waals surface area contributed by atoms with Crippen LogP contribution in [0.25, 0.3) is 0 Å². The Kier molecular flexibility index (Phi) is 4.52. The average molecular weight is 346 g/mol. The van der Waals surface area contributed by atoms with Crippen LogP contribution in [0.5, 0.6) is 5.75 Å². The molecule has 1 saturated carbocycles. The molecule has 0 heterocycles. The van der Waals surface area contributed by atoms with E-state index in [2.05, 4.69) is 55.8 Å². The zero-order chi connectivity index (χ0) is 14.2. The molecule has 106 valence electrons. The predicted molar refractivity (Wildman–Crippen MR) is 85.3 cm³/mol. The number of ether oxygens (including phenoxy) is 1. The smallest absolute Gasteiger partial charge is 0.123 e. The van der Waals surface area contributed by atoms with Crippen LogP contribution in [0.3, 0.4) is 0 Å². The van der Waals surface area contributed by atoms with Gasteiger partial charge in [-0.2, -0.15) is 0 Å². The molecule has 3 atom stereocenters. The van der Waals surface area contributed by atoms with Crippen LogP contribution in [0, 0.1) is 5.41 Å². The van der Waals surface area contributed by atoms with Crippen LogP contribution < -0.4 is 4.74 Å². The molecule has 1 aliphatic carbocycles. The Morgan fingerprint density at radius 1 is 1.47 bits per heavy atom. The molecule has 0 saturated heterocycles. The van der Waals surface area contributed by atoms with E-state index in [1.54, 1.807) is 0 Å². The van der Waals surface area contributed by atoms with E-state index >= 15 is 0 Å². The zero-order valence-electron chi connectivity index (χ0n) is 12.0. The van der Waals surface area contributed by atoms with Crippen molar-refractivity contribution >= 4 is 27.5 Å². The molecule has 0 amide bonds. The molecule has 0 spiro atoms. The third-order valence-electron chi connectivity index (χ3n) is 4.50. The number of rotatable bonds is 4. The normalized spacial score (nSPS) is 30.3. The molecule has 3 unspecified atom stereocenters. The predicted octanol–water partition coefficient (Wildman–Crippen LogP) is 5.75. The Hall–Kier alpha value is -0.210. The molecular formula is C16H22BrClO. The molecule has 3 heteroatoms. The fourth-order valence-corrected chi connectivity index (χ4v) is 3.47. The maximum absolute atomic E-state index is 6.36. The van der Waals surface area contributed by atoms with Crippen molar-refractivity contribution in [2.45, 2.75) is 57.9 Å². The van der Waals surface area contributed by atoms with Gasteiger partial charge in [-0.3, -0.25) is 0 Å². The Labute approximate surface area is 129 Å². The SMILES string of the molecule is CCC1(C)C(Cl)CC1Oc1ccc(Br)cc1C(C)C. The molecule has 1 fully saturated rings. The Balaban J connectivity index is 2.21. The number of benzene rings is 1. The summed E-state index contributed by atoms with van der Waals surface area (Å²) in [6.07, 6.45) is 2.23. The van der Waals surface area contributed by atoms with Crippen LogP contribution in [0.2, 0.25) is 0 Å². The van der Waals surface area contributed by atoms with Crippen LogP contribution in [-0.4, -0.2) is 11.5 Å². The number of hydrogen-bond donors (Lipinski definition) is 0. The van der Waals surface area contributed by atoms with E-state index in [0.717, 1.165) is 23.1 Å². The van der Waals surface area contributed by atoms with Gasteiger partial charge in [0.2, 0.25) is 0 Å². The monoisotopic (exact) mass is 344 g/mol. The lowest BCUT2D eigenvalue weighted by molar-refractivity contribution is -0.0301. The minimum Gasteiger partial charge on any atom is -0.489 e. The van der Waals surface area contributed by atoms with Crippen LogP contribution in [-0.2, 0) is 0 Å². The highest BCUT2D eigenvalue weighted by atomic mass is 79.9. The Morgan fingerprint density at radius 2 is 2.16 bits per heavy atom. The first kappa shape index (κ1) is 15.2. The van der Waals surface area contributed by atoms with E-state index < -0.39 is 0 Å². The molecule has 0 aromatic heterocycles. The summed E-state index contributed by atoms with van der Waals surface area (Å²) >= 11 is 9.89. The highest BCUT2D eigenvalue weighted by Gasteiger charge is 2.51. The molecule has 1 nitrogen and oxygen atoms in total. The van der Waals surface area contributed by atoms with Crippen molar-refractivity contribution in [1.82, 2.24) is 0 Å². The lowest BCUT2D eigenvalue weighted by atomic mass is 9.65. The molecule has 1 aromatic carbocycles. The topological polar surface area (TPSA) is 9.23 Å². The zero-order valence-corrected chi connectivity index (χ0v) is 14.4. The van der Waals surface area contributed by atoms with E-state index in [-0.39, 0.29) is 16.9 Å². The third-order valence-corrected chi connectivity index (χ3v) is 5.67. The molecular weight excluding hydrogens is 324 g/mol. The first-order valence-electron chi connectivity index (χ1n) is 6.98. The number of alkyl halides is 1. The summed E-state index contributed by atoms with van der Waals surface area (Å²) in [4.78, 5) is 0. The molecule has 0 N–H and O–H groups in total. The minimum absolute atomic E-state index is 0.100.